The number of fused-ring (bicyclic) bond motifs is 3. The number of methoxy groups -OCH3 is 1. The first-order valence-corrected chi connectivity index (χ1v) is 10.2. The standard InChI is InChI=1S/C25H20F2N2O4/c1-28-10-3-4-17(24(28)32-2)22-21-16-9-11-33-20(16)8-7-19(21)29(23(22)25(30)31)13-14-5-6-15(26)12-18(14)27/h3-12,24H,13H2,1-2H3,(H,30,31). The first kappa shape index (κ1) is 21.0. The maximum absolute atomic E-state index is 14.5. The highest BCUT2D eigenvalue weighted by Gasteiger charge is 2.32. The summed E-state index contributed by atoms with van der Waals surface area (Å²) >= 11 is 0. The summed E-state index contributed by atoms with van der Waals surface area (Å²) in [5.41, 5.74) is 2.46. The third-order valence-corrected chi connectivity index (χ3v) is 5.95. The van der Waals surface area contributed by atoms with Crippen LogP contribution in [0.25, 0.3) is 27.4 Å². The number of likely N-dealkylation sites (N-methyl/N-ethyl adjacent to an activating group) is 1. The molecule has 0 bridgehead atoms. The normalized spacial score (nSPS) is 16.1. The van der Waals surface area contributed by atoms with Gasteiger partial charge in [0.05, 0.1) is 18.3 Å². The van der Waals surface area contributed by atoms with E-state index in [1.54, 1.807) is 36.1 Å². The van der Waals surface area contributed by atoms with Crippen molar-refractivity contribution in [1.29, 1.82) is 0 Å². The molecule has 1 aliphatic heterocycles. The van der Waals surface area contributed by atoms with Crippen molar-refractivity contribution in [3.8, 4) is 0 Å². The van der Waals surface area contributed by atoms with Crippen molar-refractivity contribution in [3.05, 3.63) is 89.5 Å². The Kier molecular flexibility index (Phi) is 5.02. The number of hydrogen-bond donors (Lipinski definition) is 1. The molecule has 4 aromatic rings. The molecule has 0 aliphatic carbocycles. The number of ether oxygens (including phenoxy) is 1. The molecule has 0 amide bonds. The lowest BCUT2D eigenvalue weighted by Gasteiger charge is -2.30. The topological polar surface area (TPSA) is 67.8 Å². The lowest BCUT2D eigenvalue weighted by Crippen LogP contribution is -2.32. The monoisotopic (exact) mass is 450 g/mol. The van der Waals surface area contributed by atoms with Crippen LogP contribution in [0.3, 0.4) is 0 Å². The minimum atomic E-state index is -1.17. The van der Waals surface area contributed by atoms with Gasteiger partial charge in [-0.05, 0) is 30.3 Å². The second-order valence-electron chi connectivity index (χ2n) is 7.86. The van der Waals surface area contributed by atoms with Crippen LogP contribution < -0.4 is 0 Å². The van der Waals surface area contributed by atoms with E-state index in [0.29, 0.717) is 27.6 Å². The number of nitrogens with zero attached hydrogens (tertiary/aromatic N) is 2. The van der Waals surface area contributed by atoms with E-state index < -0.39 is 23.8 Å². The molecular formula is C25H20F2N2O4. The van der Waals surface area contributed by atoms with Gasteiger partial charge in [0.2, 0.25) is 0 Å². The Morgan fingerprint density at radius 3 is 2.76 bits per heavy atom. The SMILES string of the molecule is COC1C(c2c(C(=O)O)n(Cc3ccc(F)cc3F)c3ccc4occc4c23)=CC=CN1C. The Morgan fingerprint density at radius 1 is 1.21 bits per heavy atom. The zero-order chi connectivity index (χ0) is 23.3. The van der Waals surface area contributed by atoms with Crippen LogP contribution in [0.2, 0.25) is 0 Å². The van der Waals surface area contributed by atoms with Crippen molar-refractivity contribution in [1.82, 2.24) is 9.47 Å². The molecule has 0 spiro atoms. The molecule has 0 saturated heterocycles. The van der Waals surface area contributed by atoms with Gasteiger partial charge in [0.1, 0.15) is 22.9 Å². The number of hydrogen-bond acceptors (Lipinski definition) is 4. The van der Waals surface area contributed by atoms with Gasteiger partial charge in [-0.15, -0.1) is 0 Å². The number of benzene rings is 2. The first-order valence-electron chi connectivity index (χ1n) is 10.2. The zero-order valence-corrected chi connectivity index (χ0v) is 17.9. The molecule has 1 N–H and O–H groups in total. The number of carbonyl (C=O) groups is 1. The molecule has 2 aromatic heterocycles. The van der Waals surface area contributed by atoms with Gasteiger partial charge < -0.3 is 23.7 Å². The van der Waals surface area contributed by atoms with Gasteiger partial charge in [-0.25, -0.2) is 13.6 Å². The Balaban J connectivity index is 1.86. The van der Waals surface area contributed by atoms with Crippen molar-refractivity contribution < 1.29 is 27.8 Å². The molecule has 2 aromatic carbocycles. The van der Waals surface area contributed by atoms with Crippen LogP contribution in [-0.4, -0.2) is 40.9 Å². The van der Waals surface area contributed by atoms with Crippen molar-refractivity contribution in [2.45, 2.75) is 12.8 Å². The van der Waals surface area contributed by atoms with Gasteiger partial charge >= 0.3 is 5.97 Å². The molecule has 1 unspecified atom stereocenters. The Labute approximate surface area is 187 Å². The second-order valence-corrected chi connectivity index (χ2v) is 7.86. The molecule has 0 saturated carbocycles. The van der Waals surface area contributed by atoms with Gasteiger partial charge in [-0.3, -0.25) is 0 Å². The van der Waals surface area contributed by atoms with Gasteiger partial charge in [0.15, 0.2) is 6.23 Å². The fourth-order valence-corrected chi connectivity index (χ4v) is 4.54. The highest BCUT2D eigenvalue weighted by molar-refractivity contribution is 6.15. The number of rotatable bonds is 5. The molecule has 0 radical (unpaired) electrons. The maximum Gasteiger partial charge on any atom is 0.353 e. The maximum atomic E-state index is 14.5. The van der Waals surface area contributed by atoms with E-state index in [4.69, 9.17) is 9.15 Å². The van der Waals surface area contributed by atoms with Crippen LogP contribution in [0.1, 0.15) is 21.6 Å². The van der Waals surface area contributed by atoms with Gasteiger partial charge in [0, 0.05) is 53.9 Å². The summed E-state index contributed by atoms with van der Waals surface area (Å²) in [6.07, 6.45) is 6.47. The van der Waals surface area contributed by atoms with E-state index in [-0.39, 0.29) is 17.8 Å². The summed E-state index contributed by atoms with van der Waals surface area (Å²) in [4.78, 5) is 14.5. The van der Waals surface area contributed by atoms with Crippen molar-refractivity contribution >= 4 is 33.4 Å². The molecule has 1 atom stereocenters. The van der Waals surface area contributed by atoms with Crippen LogP contribution in [0.5, 0.6) is 0 Å². The number of carboxylic acid groups (broad SMARTS) is 1. The number of halogens is 2. The van der Waals surface area contributed by atoms with E-state index in [1.807, 2.05) is 30.3 Å². The molecule has 0 fully saturated rings. The predicted molar refractivity (Wildman–Crippen MR) is 120 cm³/mol. The third kappa shape index (κ3) is 3.30. The summed E-state index contributed by atoms with van der Waals surface area (Å²) in [6.45, 7) is -0.0930. The lowest BCUT2D eigenvalue weighted by atomic mass is 9.96. The second kappa shape index (κ2) is 7.90. The smallest absolute Gasteiger partial charge is 0.353 e. The molecule has 5 rings (SSSR count). The number of aromatic carboxylic acids is 1. The fraction of sp³-hybridized carbons (Fsp3) is 0.160. The van der Waals surface area contributed by atoms with Gasteiger partial charge in [-0.2, -0.15) is 0 Å². The van der Waals surface area contributed by atoms with Gasteiger partial charge in [-0.1, -0.05) is 12.1 Å². The van der Waals surface area contributed by atoms with E-state index in [2.05, 4.69) is 0 Å². The highest BCUT2D eigenvalue weighted by Crippen LogP contribution is 2.40. The van der Waals surface area contributed by atoms with Crippen LogP contribution in [0.4, 0.5) is 8.78 Å². The van der Waals surface area contributed by atoms with Crippen LogP contribution in [-0.2, 0) is 11.3 Å². The molecule has 168 valence electrons. The summed E-state index contributed by atoms with van der Waals surface area (Å²) in [5, 5.41) is 11.7. The molecule has 6 nitrogen and oxygen atoms in total. The molecule has 1 aliphatic rings. The molecular weight excluding hydrogens is 430 g/mol. The minimum Gasteiger partial charge on any atom is -0.477 e. The summed E-state index contributed by atoms with van der Waals surface area (Å²) in [6, 6.07) is 8.56. The third-order valence-electron chi connectivity index (χ3n) is 5.95. The van der Waals surface area contributed by atoms with E-state index >= 15 is 0 Å². The number of aromatic nitrogens is 1. The Hall–Kier alpha value is -3.91. The van der Waals surface area contributed by atoms with Crippen LogP contribution in [0.15, 0.2) is 65.4 Å². The average Bonchev–Trinajstić information content (AvgIpc) is 3.38. The van der Waals surface area contributed by atoms with E-state index in [1.165, 1.54) is 6.07 Å². The van der Waals surface area contributed by atoms with Crippen molar-refractivity contribution in [2.24, 2.45) is 0 Å². The Bertz CT molecular complexity index is 1460. The van der Waals surface area contributed by atoms with Crippen molar-refractivity contribution in [2.75, 3.05) is 14.2 Å². The number of furan rings is 1. The largest absolute Gasteiger partial charge is 0.477 e. The molecule has 8 heteroatoms. The minimum absolute atomic E-state index is 0.0144. The first-order chi connectivity index (χ1) is 15.9. The fourth-order valence-electron chi connectivity index (χ4n) is 4.54. The quantitative estimate of drug-likeness (QED) is 0.451. The van der Waals surface area contributed by atoms with Gasteiger partial charge in [0.25, 0.3) is 0 Å². The highest BCUT2D eigenvalue weighted by atomic mass is 19.1. The van der Waals surface area contributed by atoms with E-state index in [9.17, 15) is 18.7 Å². The zero-order valence-electron chi connectivity index (χ0n) is 17.9. The average molecular weight is 450 g/mol. The number of carboxylic acids is 1. The lowest BCUT2D eigenvalue weighted by molar-refractivity contribution is 0.0527. The summed E-state index contributed by atoms with van der Waals surface area (Å²) in [5.74, 6) is -2.61. The molecule has 33 heavy (non-hydrogen) atoms. The number of allylic oxidation sites excluding steroid dienone is 2. The predicted octanol–water partition coefficient (Wildman–Crippen LogP) is 5.23. The molecule has 3 heterocycles. The Morgan fingerprint density at radius 2 is 2.03 bits per heavy atom. The summed E-state index contributed by atoms with van der Waals surface area (Å²) in [7, 11) is 3.38. The summed E-state index contributed by atoms with van der Waals surface area (Å²) < 4.78 is 40.8. The van der Waals surface area contributed by atoms with Crippen LogP contribution in [0, 0.1) is 11.6 Å². The van der Waals surface area contributed by atoms with Crippen molar-refractivity contribution in [3.63, 3.8) is 0 Å². The van der Waals surface area contributed by atoms with E-state index in [0.717, 1.165) is 17.5 Å². The van der Waals surface area contributed by atoms with Crippen LogP contribution >= 0.6 is 0 Å².